The first-order valence-corrected chi connectivity index (χ1v) is 8.47. The van der Waals surface area contributed by atoms with E-state index in [1.807, 2.05) is 12.3 Å². The zero-order chi connectivity index (χ0) is 17.4. The van der Waals surface area contributed by atoms with Crippen molar-refractivity contribution in [3.63, 3.8) is 0 Å². The molecule has 0 radical (unpaired) electrons. The molecule has 0 bridgehead atoms. The normalized spacial score (nSPS) is 17.7. The van der Waals surface area contributed by atoms with Crippen LogP contribution in [0.2, 0.25) is 0 Å². The Balaban J connectivity index is 1.89. The van der Waals surface area contributed by atoms with Gasteiger partial charge in [0.05, 0.1) is 6.61 Å². The molecular weight excluding hydrogens is 304 g/mol. The lowest BCUT2D eigenvalue weighted by Gasteiger charge is -2.33. The van der Waals surface area contributed by atoms with Crippen molar-refractivity contribution in [3.8, 4) is 0 Å². The maximum atomic E-state index is 5.14. The molecular formula is C17H30N6O. The van der Waals surface area contributed by atoms with Crippen LogP contribution in [-0.2, 0) is 11.3 Å². The molecule has 2 rings (SSSR count). The third kappa shape index (κ3) is 5.65. The summed E-state index contributed by atoms with van der Waals surface area (Å²) in [6.45, 7) is 7.63. The number of anilines is 1. The minimum Gasteiger partial charge on any atom is -0.383 e. The van der Waals surface area contributed by atoms with Crippen LogP contribution < -0.4 is 15.5 Å². The van der Waals surface area contributed by atoms with Gasteiger partial charge in [-0.3, -0.25) is 4.99 Å². The molecule has 0 spiro atoms. The second-order valence-corrected chi connectivity index (χ2v) is 6.24. The van der Waals surface area contributed by atoms with Crippen molar-refractivity contribution in [1.29, 1.82) is 0 Å². The summed E-state index contributed by atoms with van der Waals surface area (Å²) in [5.74, 6) is 1.83. The zero-order valence-electron chi connectivity index (χ0n) is 15.2. The fourth-order valence-electron chi connectivity index (χ4n) is 2.68. The molecule has 2 N–H and O–H groups in total. The number of methoxy groups -OCH3 is 1. The number of piperazine rings is 1. The third-order valence-electron chi connectivity index (χ3n) is 4.12. The number of ether oxygens (including phenoxy) is 1. The van der Waals surface area contributed by atoms with E-state index in [-0.39, 0.29) is 6.04 Å². The summed E-state index contributed by atoms with van der Waals surface area (Å²) in [6.07, 6.45) is 1.88. The first-order chi connectivity index (χ1) is 11.6. The van der Waals surface area contributed by atoms with E-state index in [0.29, 0.717) is 13.2 Å². The molecule has 24 heavy (non-hydrogen) atoms. The van der Waals surface area contributed by atoms with Gasteiger partial charge in [0.15, 0.2) is 5.96 Å². The van der Waals surface area contributed by atoms with E-state index < -0.39 is 0 Å². The maximum Gasteiger partial charge on any atom is 0.191 e. The van der Waals surface area contributed by atoms with Crippen molar-refractivity contribution >= 4 is 11.8 Å². The van der Waals surface area contributed by atoms with Gasteiger partial charge in [-0.2, -0.15) is 0 Å². The molecule has 0 saturated carbocycles. The Hall–Kier alpha value is -1.86. The van der Waals surface area contributed by atoms with E-state index in [4.69, 9.17) is 4.74 Å². The fourth-order valence-corrected chi connectivity index (χ4v) is 2.68. The minimum atomic E-state index is 0.208. The Labute approximate surface area is 145 Å². The van der Waals surface area contributed by atoms with Gasteiger partial charge in [0, 0.05) is 59.1 Å². The smallest absolute Gasteiger partial charge is 0.191 e. The molecule has 0 aromatic carbocycles. The number of guanidine groups is 1. The molecule has 1 aromatic rings. The number of pyridine rings is 1. The second kappa shape index (κ2) is 9.44. The van der Waals surface area contributed by atoms with Crippen LogP contribution in [0.3, 0.4) is 0 Å². The van der Waals surface area contributed by atoms with Crippen LogP contribution in [-0.4, -0.2) is 75.9 Å². The predicted octanol–water partition coefficient (Wildman–Crippen LogP) is 0.533. The van der Waals surface area contributed by atoms with Gasteiger partial charge in [-0.05, 0) is 31.7 Å². The molecule has 1 atom stereocenters. The molecule has 7 nitrogen and oxygen atoms in total. The van der Waals surface area contributed by atoms with Crippen LogP contribution in [0.5, 0.6) is 0 Å². The highest BCUT2D eigenvalue weighted by Crippen LogP contribution is 2.14. The van der Waals surface area contributed by atoms with E-state index >= 15 is 0 Å². The van der Waals surface area contributed by atoms with E-state index in [1.54, 1.807) is 14.2 Å². The van der Waals surface area contributed by atoms with Gasteiger partial charge >= 0.3 is 0 Å². The van der Waals surface area contributed by atoms with Crippen LogP contribution >= 0.6 is 0 Å². The van der Waals surface area contributed by atoms with Crippen molar-refractivity contribution in [2.24, 2.45) is 4.99 Å². The number of aromatic nitrogens is 1. The number of aliphatic imine (C=N–C) groups is 1. The van der Waals surface area contributed by atoms with Gasteiger partial charge in [0.2, 0.25) is 0 Å². The summed E-state index contributed by atoms with van der Waals surface area (Å²) < 4.78 is 5.14. The van der Waals surface area contributed by atoms with E-state index in [1.165, 1.54) is 5.56 Å². The summed E-state index contributed by atoms with van der Waals surface area (Å²) in [6, 6.07) is 4.40. The molecule has 134 valence electrons. The van der Waals surface area contributed by atoms with Crippen LogP contribution in [0, 0.1) is 0 Å². The average Bonchev–Trinajstić information content (AvgIpc) is 2.59. The summed E-state index contributed by atoms with van der Waals surface area (Å²) in [5.41, 5.74) is 1.20. The predicted molar refractivity (Wildman–Crippen MR) is 98.6 cm³/mol. The standard InChI is InChI=1S/C17H30N6O/c1-14(13-24-4)21-17(18-2)20-12-15-5-6-19-16(11-15)23-9-7-22(3)8-10-23/h5-6,11,14H,7-10,12-13H2,1-4H3,(H2,18,20,21). The number of likely N-dealkylation sites (N-methyl/N-ethyl adjacent to an activating group) is 1. The minimum absolute atomic E-state index is 0.208. The molecule has 1 saturated heterocycles. The molecule has 0 aliphatic carbocycles. The Bertz CT molecular complexity index is 528. The summed E-state index contributed by atoms with van der Waals surface area (Å²) in [5, 5.41) is 6.64. The van der Waals surface area contributed by atoms with Crippen molar-refractivity contribution in [3.05, 3.63) is 23.9 Å². The lowest BCUT2D eigenvalue weighted by molar-refractivity contribution is 0.179. The summed E-state index contributed by atoms with van der Waals surface area (Å²) >= 11 is 0. The van der Waals surface area contributed by atoms with E-state index in [9.17, 15) is 0 Å². The Morgan fingerprint density at radius 3 is 2.79 bits per heavy atom. The van der Waals surface area contributed by atoms with E-state index in [2.05, 4.69) is 50.4 Å². The van der Waals surface area contributed by atoms with Crippen molar-refractivity contribution in [2.45, 2.75) is 19.5 Å². The zero-order valence-corrected chi connectivity index (χ0v) is 15.2. The third-order valence-corrected chi connectivity index (χ3v) is 4.12. The number of rotatable bonds is 6. The van der Waals surface area contributed by atoms with Crippen LogP contribution in [0.4, 0.5) is 5.82 Å². The molecule has 0 amide bonds. The largest absolute Gasteiger partial charge is 0.383 e. The monoisotopic (exact) mass is 334 g/mol. The molecule has 1 aliphatic rings. The molecule has 2 heterocycles. The van der Waals surface area contributed by atoms with Crippen LogP contribution in [0.15, 0.2) is 23.3 Å². The molecule has 7 heteroatoms. The SMILES string of the molecule is CN=C(NCc1ccnc(N2CCN(C)CC2)c1)NC(C)COC. The summed E-state index contributed by atoms with van der Waals surface area (Å²) in [4.78, 5) is 13.5. The quantitative estimate of drug-likeness (QED) is 0.585. The summed E-state index contributed by atoms with van der Waals surface area (Å²) in [7, 11) is 5.64. The van der Waals surface area contributed by atoms with Crippen LogP contribution in [0.25, 0.3) is 0 Å². The molecule has 1 fully saturated rings. The highest BCUT2D eigenvalue weighted by Gasteiger charge is 2.15. The molecule has 1 unspecified atom stereocenters. The van der Waals surface area contributed by atoms with Gasteiger partial charge in [0.25, 0.3) is 0 Å². The fraction of sp³-hybridized carbons (Fsp3) is 0.647. The van der Waals surface area contributed by atoms with Crippen molar-refractivity contribution in [2.75, 3.05) is 58.9 Å². The van der Waals surface area contributed by atoms with Gasteiger partial charge in [-0.25, -0.2) is 4.98 Å². The highest BCUT2D eigenvalue weighted by molar-refractivity contribution is 5.79. The first-order valence-electron chi connectivity index (χ1n) is 8.47. The lowest BCUT2D eigenvalue weighted by Crippen LogP contribution is -2.45. The number of hydrogen-bond acceptors (Lipinski definition) is 5. The first kappa shape index (κ1) is 18.5. The topological polar surface area (TPSA) is 65.0 Å². The average molecular weight is 334 g/mol. The van der Waals surface area contributed by atoms with Gasteiger partial charge in [0.1, 0.15) is 5.82 Å². The molecule has 1 aliphatic heterocycles. The Morgan fingerprint density at radius 2 is 2.12 bits per heavy atom. The maximum absolute atomic E-state index is 5.14. The number of hydrogen-bond donors (Lipinski definition) is 2. The lowest BCUT2D eigenvalue weighted by atomic mass is 10.2. The molecule has 1 aromatic heterocycles. The highest BCUT2D eigenvalue weighted by atomic mass is 16.5. The van der Waals surface area contributed by atoms with Gasteiger partial charge in [-0.1, -0.05) is 0 Å². The van der Waals surface area contributed by atoms with Gasteiger partial charge in [-0.15, -0.1) is 0 Å². The van der Waals surface area contributed by atoms with Crippen molar-refractivity contribution in [1.82, 2.24) is 20.5 Å². The van der Waals surface area contributed by atoms with E-state index in [0.717, 1.165) is 38.0 Å². The number of nitrogens with one attached hydrogen (secondary N) is 2. The van der Waals surface area contributed by atoms with Crippen LogP contribution in [0.1, 0.15) is 12.5 Å². The number of nitrogens with zero attached hydrogens (tertiary/aromatic N) is 4. The Kier molecular flexibility index (Phi) is 7.27. The second-order valence-electron chi connectivity index (χ2n) is 6.24. The van der Waals surface area contributed by atoms with Gasteiger partial charge < -0.3 is 25.2 Å². The van der Waals surface area contributed by atoms with Crippen molar-refractivity contribution < 1.29 is 4.74 Å². The Morgan fingerprint density at radius 1 is 1.38 bits per heavy atom.